The molecule has 1 N–H and O–H groups in total. The monoisotopic (exact) mass is 275 g/mol. The minimum atomic E-state index is 0.584. The summed E-state index contributed by atoms with van der Waals surface area (Å²) in [6, 6.07) is 0. The molecule has 1 aliphatic rings. The predicted molar refractivity (Wildman–Crippen MR) is 83.9 cm³/mol. The Kier molecular flexibility index (Phi) is 5.53. The molecule has 1 aromatic rings. The van der Waals surface area contributed by atoms with Gasteiger partial charge in [0, 0.05) is 29.4 Å². The summed E-state index contributed by atoms with van der Waals surface area (Å²) in [4.78, 5) is 9.62. The summed E-state index contributed by atoms with van der Waals surface area (Å²) in [6.45, 7) is 10.8. The minimum absolute atomic E-state index is 0.584. The molecule has 20 heavy (non-hydrogen) atoms. The zero-order chi connectivity index (χ0) is 14.5. The third-order valence-corrected chi connectivity index (χ3v) is 4.55. The van der Waals surface area contributed by atoms with E-state index in [2.05, 4.69) is 33.0 Å². The van der Waals surface area contributed by atoms with Crippen LogP contribution in [-0.4, -0.2) is 16.5 Å². The first-order valence-electron chi connectivity index (χ1n) is 8.16. The van der Waals surface area contributed by atoms with Crippen LogP contribution in [0.5, 0.6) is 0 Å². The highest BCUT2D eigenvalue weighted by Gasteiger charge is 2.23. The maximum atomic E-state index is 4.81. The molecule has 1 fully saturated rings. The molecule has 0 aliphatic heterocycles. The molecule has 0 aromatic carbocycles. The van der Waals surface area contributed by atoms with Gasteiger partial charge in [0.05, 0.1) is 0 Å². The van der Waals surface area contributed by atoms with Crippen molar-refractivity contribution in [2.75, 3.05) is 6.54 Å². The lowest BCUT2D eigenvalue weighted by Crippen LogP contribution is -2.19. The minimum Gasteiger partial charge on any atom is -0.313 e. The molecule has 1 heterocycles. The number of nitrogens with one attached hydrogen (secondary N) is 1. The molecule has 0 radical (unpaired) electrons. The van der Waals surface area contributed by atoms with Crippen molar-refractivity contribution >= 4 is 0 Å². The summed E-state index contributed by atoms with van der Waals surface area (Å²) < 4.78 is 0. The Balaban J connectivity index is 2.09. The van der Waals surface area contributed by atoms with Crippen molar-refractivity contribution in [2.45, 2.75) is 72.3 Å². The van der Waals surface area contributed by atoms with Gasteiger partial charge in [-0.1, -0.05) is 26.7 Å². The van der Waals surface area contributed by atoms with E-state index in [-0.39, 0.29) is 0 Å². The Hall–Kier alpha value is -0.960. The van der Waals surface area contributed by atoms with Crippen LogP contribution in [0.15, 0.2) is 0 Å². The van der Waals surface area contributed by atoms with Gasteiger partial charge < -0.3 is 5.32 Å². The van der Waals surface area contributed by atoms with E-state index in [1.54, 1.807) is 0 Å². The van der Waals surface area contributed by atoms with Crippen molar-refractivity contribution in [3.8, 4) is 0 Å². The molecule has 3 nitrogen and oxygen atoms in total. The first-order valence-corrected chi connectivity index (χ1v) is 8.16. The van der Waals surface area contributed by atoms with Gasteiger partial charge in [-0.05, 0) is 45.6 Å². The van der Waals surface area contributed by atoms with Crippen molar-refractivity contribution in [2.24, 2.45) is 5.92 Å². The van der Waals surface area contributed by atoms with Crippen LogP contribution < -0.4 is 5.32 Å². The van der Waals surface area contributed by atoms with Crippen molar-refractivity contribution in [1.29, 1.82) is 0 Å². The standard InChI is InChI=1S/C17H29N3/c1-5-10-18-11-16-13(3)19-17(20-14(16)4)15-8-6-12(2)7-9-15/h12,15,18H,5-11H2,1-4H3. The Morgan fingerprint density at radius 1 is 1.05 bits per heavy atom. The number of rotatable bonds is 5. The van der Waals surface area contributed by atoms with Crippen LogP contribution in [0.3, 0.4) is 0 Å². The molecule has 1 aromatic heterocycles. The number of aryl methyl sites for hydroxylation is 2. The molecule has 0 unspecified atom stereocenters. The summed E-state index contributed by atoms with van der Waals surface area (Å²) in [5, 5.41) is 3.46. The Labute approximate surface area is 123 Å². The molecule has 0 atom stereocenters. The molecule has 112 valence electrons. The Morgan fingerprint density at radius 3 is 2.20 bits per heavy atom. The van der Waals surface area contributed by atoms with Crippen molar-refractivity contribution in [3.63, 3.8) is 0 Å². The van der Waals surface area contributed by atoms with Crippen molar-refractivity contribution in [1.82, 2.24) is 15.3 Å². The van der Waals surface area contributed by atoms with E-state index >= 15 is 0 Å². The van der Waals surface area contributed by atoms with Crippen LogP contribution >= 0.6 is 0 Å². The van der Waals surface area contributed by atoms with E-state index < -0.39 is 0 Å². The molecule has 0 saturated heterocycles. The van der Waals surface area contributed by atoms with E-state index in [0.29, 0.717) is 5.92 Å². The fourth-order valence-electron chi connectivity index (χ4n) is 3.11. The van der Waals surface area contributed by atoms with Crippen LogP contribution in [0.4, 0.5) is 0 Å². The van der Waals surface area contributed by atoms with Gasteiger partial charge in [0.15, 0.2) is 0 Å². The van der Waals surface area contributed by atoms with E-state index in [1.165, 1.54) is 31.2 Å². The van der Waals surface area contributed by atoms with Gasteiger partial charge in [-0.2, -0.15) is 0 Å². The molecule has 0 spiro atoms. The molecule has 0 bridgehead atoms. The third-order valence-electron chi connectivity index (χ3n) is 4.55. The van der Waals surface area contributed by atoms with E-state index in [9.17, 15) is 0 Å². The SMILES string of the molecule is CCCNCc1c(C)nc(C2CCC(C)CC2)nc1C. The lowest BCUT2D eigenvalue weighted by atomic mass is 9.82. The number of nitrogens with zero attached hydrogens (tertiary/aromatic N) is 2. The summed E-state index contributed by atoms with van der Waals surface area (Å²) in [5.74, 6) is 2.55. The van der Waals surface area contributed by atoms with Gasteiger partial charge in [-0.25, -0.2) is 9.97 Å². The number of aromatic nitrogens is 2. The summed E-state index contributed by atoms with van der Waals surface area (Å²) in [6.07, 6.45) is 6.33. The van der Waals surface area contributed by atoms with Gasteiger partial charge in [-0.15, -0.1) is 0 Å². The van der Waals surface area contributed by atoms with Crippen LogP contribution in [-0.2, 0) is 6.54 Å². The topological polar surface area (TPSA) is 37.8 Å². The van der Waals surface area contributed by atoms with Crippen molar-refractivity contribution < 1.29 is 0 Å². The Morgan fingerprint density at radius 2 is 1.65 bits per heavy atom. The number of hydrogen-bond donors (Lipinski definition) is 1. The first-order chi connectivity index (χ1) is 9.61. The smallest absolute Gasteiger partial charge is 0.131 e. The lowest BCUT2D eigenvalue weighted by Gasteiger charge is -2.25. The normalized spacial score (nSPS) is 23.0. The summed E-state index contributed by atoms with van der Waals surface area (Å²) >= 11 is 0. The predicted octanol–water partition coefficient (Wildman–Crippen LogP) is 3.89. The highest BCUT2D eigenvalue weighted by molar-refractivity contribution is 5.25. The zero-order valence-electron chi connectivity index (χ0n) is 13.5. The quantitative estimate of drug-likeness (QED) is 0.829. The van der Waals surface area contributed by atoms with Crippen molar-refractivity contribution in [3.05, 3.63) is 22.8 Å². The maximum Gasteiger partial charge on any atom is 0.131 e. The lowest BCUT2D eigenvalue weighted by molar-refractivity contribution is 0.339. The fraction of sp³-hybridized carbons (Fsp3) is 0.765. The molecule has 3 heteroatoms. The van der Waals surface area contributed by atoms with Crippen LogP contribution in [0, 0.1) is 19.8 Å². The second kappa shape index (κ2) is 7.16. The molecule has 0 amide bonds. The average molecular weight is 275 g/mol. The van der Waals surface area contributed by atoms with E-state index in [1.807, 2.05) is 0 Å². The van der Waals surface area contributed by atoms with E-state index in [0.717, 1.165) is 42.6 Å². The molecule has 2 rings (SSSR count). The van der Waals surface area contributed by atoms with Gasteiger partial charge in [-0.3, -0.25) is 0 Å². The van der Waals surface area contributed by atoms with Gasteiger partial charge in [0.25, 0.3) is 0 Å². The second-order valence-electron chi connectivity index (χ2n) is 6.36. The van der Waals surface area contributed by atoms with Crippen LogP contribution in [0.1, 0.15) is 74.6 Å². The summed E-state index contributed by atoms with van der Waals surface area (Å²) in [5.41, 5.74) is 3.61. The molecular weight excluding hydrogens is 246 g/mol. The fourth-order valence-corrected chi connectivity index (χ4v) is 3.11. The van der Waals surface area contributed by atoms with Crippen LogP contribution in [0.2, 0.25) is 0 Å². The maximum absolute atomic E-state index is 4.81. The largest absolute Gasteiger partial charge is 0.313 e. The number of hydrogen-bond acceptors (Lipinski definition) is 3. The van der Waals surface area contributed by atoms with Crippen LogP contribution in [0.25, 0.3) is 0 Å². The van der Waals surface area contributed by atoms with Gasteiger partial charge in [0.1, 0.15) is 5.82 Å². The summed E-state index contributed by atoms with van der Waals surface area (Å²) in [7, 11) is 0. The Bertz CT molecular complexity index is 411. The average Bonchev–Trinajstić information content (AvgIpc) is 2.42. The zero-order valence-corrected chi connectivity index (χ0v) is 13.5. The second-order valence-corrected chi connectivity index (χ2v) is 6.36. The molecular formula is C17H29N3. The highest BCUT2D eigenvalue weighted by Crippen LogP contribution is 2.34. The first kappa shape index (κ1) is 15.4. The molecule has 1 saturated carbocycles. The van der Waals surface area contributed by atoms with Gasteiger partial charge in [0.2, 0.25) is 0 Å². The molecule has 1 aliphatic carbocycles. The van der Waals surface area contributed by atoms with E-state index in [4.69, 9.17) is 9.97 Å². The third kappa shape index (κ3) is 3.78. The highest BCUT2D eigenvalue weighted by atomic mass is 14.9. The van der Waals surface area contributed by atoms with Gasteiger partial charge >= 0.3 is 0 Å².